The number of nitrogens with one attached hydrogen (secondary N) is 2. The fourth-order valence-electron chi connectivity index (χ4n) is 3.19. The van der Waals surface area contributed by atoms with Crippen molar-refractivity contribution in [3.8, 4) is 6.07 Å². The summed E-state index contributed by atoms with van der Waals surface area (Å²) in [6, 6.07) is 13.7. The Labute approximate surface area is 173 Å². The molecule has 29 heavy (non-hydrogen) atoms. The van der Waals surface area contributed by atoms with Crippen LogP contribution in [0.2, 0.25) is 0 Å². The van der Waals surface area contributed by atoms with Crippen molar-refractivity contribution in [1.82, 2.24) is 5.32 Å². The lowest BCUT2D eigenvalue weighted by Gasteiger charge is -2.25. The lowest BCUT2D eigenvalue weighted by molar-refractivity contribution is -0.121. The molecule has 3 rings (SSSR count). The molecule has 2 aromatic rings. The van der Waals surface area contributed by atoms with E-state index in [0.29, 0.717) is 16.2 Å². The van der Waals surface area contributed by atoms with E-state index >= 15 is 0 Å². The molecular weight excluding hydrogens is 389 g/mol. The topological polar surface area (TPSA) is 82.0 Å². The zero-order chi connectivity index (χ0) is 21.0. The minimum atomic E-state index is -0.459. The summed E-state index contributed by atoms with van der Waals surface area (Å²) in [7, 11) is 0. The van der Waals surface area contributed by atoms with E-state index in [1.165, 1.54) is 12.1 Å². The number of rotatable bonds is 5. The summed E-state index contributed by atoms with van der Waals surface area (Å²) < 4.78 is 13.2. The largest absolute Gasteiger partial charge is 0.325 e. The zero-order valence-corrected chi connectivity index (χ0v) is 16.9. The molecule has 1 unspecified atom stereocenters. The summed E-state index contributed by atoms with van der Waals surface area (Å²) in [4.78, 5) is 24.5. The third-order valence-corrected chi connectivity index (χ3v) is 5.65. The van der Waals surface area contributed by atoms with E-state index in [4.69, 9.17) is 0 Å². The minimum Gasteiger partial charge on any atom is -0.325 e. The van der Waals surface area contributed by atoms with Gasteiger partial charge in [-0.15, -0.1) is 0 Å². The van der Waals surface area contributed by atoms with Gasteiger partial charge in [0.15, 0.2) is 0 Å². The van der Waals surface area contributed by atoms with E-state index in [1.54, 1.807) is 12.1 Å². The highest BCUT2D eigenvalue weighted by molar-refractivity contribution is 8.03. The highest BCUT2D eigenvalue weighted by Crippen LogP contribution is 2.36. The molecule has 0 saturated carbocycles. The molecule has 0 spiro atoms. The number of allylic oxidation sites excluding steroid dienone is 1. The van der Waals surface area contributed by atoms with Crippen LogP contribution >= 0.6 is 11.8 Å². The van der Waals surface area contributed by atoms with Crippen molar-refractivity contribution in [3.63, 3.8) is 0 Å². The van der Waals surface area contributed by atoms with Crippen LogP contribution in [0.5, 0.6) is 0 Å². The van der Waals surface area contributed by atoms with Crippen LogP contribution in [0.4, 0.5) is 10.1 Å². The molecule has 148 valence electrons. The molecule has 7 heteroatoms. The number of carbonyl (C=O) groups excluding carboxylic acids is 2. The molecular formula is C22H20FN3O2S. The molecule has 1 atom stereocenters. The van der Waals surface area contributed by atoms with E-state index < -0.39 is 5.92 Å². The molecule has 0 radical (unpaired) electrons. The Hall–Kier alpha value is -3.11. The third kappa shape index (κ3) is 5.04. The average molecular weight is 409 g/mol. The van der Waals surface area contributed by atoms with Gasteiger partial charge in [-0.05, 0) is 43.2 Å². The molecule has 2 N–H and O–H groups in total. The van der Waals surface area contributed by atoms with E-state index in [1.807, 2.05) is 32.0 Å². The Morgan fingerprint density at radius 1 is 1.28 bits per heavy atom. The first kappa shape index (κ1) is 20.6. The number of carbonyl (C=O) groups is 2. The molecule has 5 nitrogen and oxygen atoms in total. The summed E-state index contributed by atoms with van der Waals surface area (Å²) in [5, 5.41) is 15.6. The minimum absolute atomic E-state index is 0.0459. The number of anilines is 1. The van der Waals surface area contributed by atoms with Crippen LogP contribution in [0.25, 0.3) is 0 Å². The monoisotopic (exact) mass is 409 g/mol. The maximum Gasteiger partial charge on any atom is 0.234 e. The van der Waals surface area contributed by atoms with Gasteiger partial charge in [0.25, 0.3) is 0 Å². The molecule has 2 aromatic carbocycles. The number of nitrogens with zero attached hydrogens (tertiary/aromatic N) is 1. The van der Waals surface area contributed by atoms with E-state index in [0.717, 1.165) is 28.6 Å². The van der Waals surface area contributed by atoms with E-state index in [2.05, 4.69) is 16.7 Å². The summed E-state index contributed by atoms with van der Waals surface area (Å²) in [5.41, 5.74) is 3.86. The van der Waals surface area contributed by atoms with Gasteiger partial charge in [0.1, 0.15) is 5.82 Å². The Morgan fingerprint density at radius 2 is 2.00 bits per heavy atom. The Morgan fingerprint density at radius 3 is 2.66 bits per heavy atom. The smallest absolute Gasteiger partial charge is 0.234 e. The number of halogens is 1. The number of hydrogen-bond acceptors (Lipinski definition) is 4. The maximum absolute atomic E-state index is 13.2. The second-order valence-electron chi connectivity index (χ2n) is 6.87. The summed E-state index contributed by atoms with van der Waals surface area (Å²) >= 11 is 1.11. The van der Waals surface area contributed by atoms with Crippen LogP contribution in [0.3, 0.4) is 0 Å². The van der Waals surface area contributed by atoms with Crippen LogP contribution in [0.1, 0.15) is 29.0 Å². The van der Waals surface area contributed by atoms with E-state index in [-0.39, 0.29) is 29.8 Å². The molecule has 0 bridgehead atoms. The second kappa shape index (κ2) is 8.93. The van der Waals surface area contributed by atoms with Gasteiger partial charge >= 0.3 is 0 Å². The number of hydrogen-bond donors (Lipinski definition) is 2. The Balaban J connectivity index is 1.75. The van der Waals surface area contributed by atoms with Gasteiger partial charge in [0.05, 0.1) is 22.4 Å². The second-order valence-corrected chi connectivity index (χ2v) is 7.85. The molecule has 0 aliphatic carbocycles. The number of amides is 2. The summed E-state index contributed by atoms with van der Waals surface area (Å²) in [6.45, 7) is 3.90. The van der Waals surface area contributed by atoms with E-state index in [9.17, 15) is 19.2 Å². The van der Waals surface area contributed by atoms with Gasteiger partial charge in [-0.25, -0.2) is 4.39 Å². The molecule has 1 heterocycles. The SMILES string of the molecule is Cc1ccc(NC(=O)CSC2=C(C#N)C(c3ccc(F)cc3)CC(=O)N2)c(C)c1. The first-order valence-electron chi connectivity index (χ1n) is 9.07. The molecule has 0 aromatic heterocycles. The quantitative estimate of drug-likeness (QED) is 0.777. The lowest BCUT2D eigenvalue weighted by Crippen LogP contribution is -2.31. The fraction of sp³-hybridized carbons (Fsp3) is 0.227. The highest BCUT2D eigenvalue weighted by Gasteiger charge is 2.29. The molecule has 0 fully saturated rings. The highest BCUT2D eigenvalue weighted by atomic mass is 32.2. The van der Waals surface area contributed by atoms with Crippen molar-refractivity contribution < 1.29 is 14.0 Å². The van der Waals surface area contributed by atoms with Gasteiger partial charge in [0, 0.05) is 18.0 Å². The number of nitriles is 1. The molecule has 0 saturated heterocycles. The van der Waals surface area contributed by atoms with Crippen molar-refractivity contribution in [2.45, 2.75) is 26.2 Å². The van der Waals surface area contributed by atoms with Gasteiger partial charge in [-0.2, -0.15) is 5.26 Å². The Kier molecular flexibility index (Phi) is 6.35. The summed E-state index contributed by atoms with van der Waals surface area (Å²) in [5.74, 6) is -1.27. The zero-order valence-electron chi connectivity index (χ0n) is 16.1. The fourth-order valence-corrected chi connectivity index (χ4v) is 4.07. The molecule has 1 aliphatic heterocycles. The van der Waals surface area contributed by atoms with Crippen LogP contribution in [0.15, 0.2) is 53.1 Å². The predicted molar refractivity (Wildman–Crippen MR) is 112 cm³/mol. The van der Waals surface area contributed by atoms with Gasteiger partial charge in [-0.3, -0.25) is 9.59 Å². The third-order valence-electron chi connectivity index (χ3n) is 4.63. The van der Waals surface area contributed by atoms with Crippen molar-refractivity contribution >= 4 is 29.3 Å². The first-order chi connectivity index (χ1) is 13.9. The van der Waals surface area contributed by atoms with Crippen molar-refractivity contribution in [3.05, 3.63) is 75.6 Å². The van der Waals surface area contributed by atoms with Crippen LogP contribution in [-0.4, -0.2) is 17.6 Å². The number of benzene rings is 2. The summed E-state index contributed by atoms with van der Waals surface area (Å²) in [6.07, 6.45) is 0.105. The van der Waals surface area contributed by atoms with Crippen molar-refractivity contribution in [2.75, 3.05) is 11.1 Å². The maximum atomic E-state index is 13.2. The first-order valence-corrected chi connectivity index (χ1v) is 10.1. The predicted octanol–water partition coefficient (Wildman–Crippen LogP) is 4.15. The number of thioether (sulfide) groups is 1. The molecule has 1 aliphatic rings. The molecule has 2 amide bonds. The van der Waals surface area contributed by atoms with Crippen LogP contribution in [-0.2, 0) is 9.59 Å². The van der Waals surface area contributed by atoms with Crippen molar-refractivity contribution in [2.24, 2.45) is 0 Å². The number of aryl methyl sites for hydroxylation is 2. The van der Waals surface area contributed by atoms with Crippen LogP contribution in [0, 0.1) is 31.0 Å². The van der Waals surface area contributed by atoms with Gasteiger partial charge in [0.2, 0.25) is 11.8 Å². The standard InChI is InChI=1S/C22H20FN3O2S/c1-13-3-8-19(14(2)9-13)25-21(28)12-29-22-18(11-24)17(10-20(27)26-22)15-4-6-16(23)7-5-15/h3-9,17H,10,12H2,1-2H3,(H,25,28)(H,26,27). The Bertz CT molecular complexity index is 1030. The van der Waals surface area contributed by atoms with Gasteiger partial charge in [-0.1, -0.05) is 41.6 Å². The van der Waals surface area contributed by atoms with Gasteiger partial charge < -0.3 is 10.6 Å². The normalized spacial score (nSPS) is 16.2. The lowest BCUT2D eigenvalue weighted by atomic mass is 9.87. The average Bonchev–Trinajstić information content (AvgIpc) is 2.68. The van der Waals surface area contributed by atoms with Crippen molar-refractivity contribution in [1.29, 1.82) is 5.26 Å². The van der Waals surface area contributed by atoms with Crippen LogP contribution < -0.4 is 10.6 Å².